The third-order valence-corrected chi connectivity index (χ3v) is 42.1. The summed E-state index contributed by atoms with van der Waals surface area (Å²) in [5, 5.41) is 2.80. The predicted octanol–water partition coefficient (Wildman–Crippen LogP) is 32.0. The third kappa shape index (κ3) is 24.0. The van der Waals surface area contributed by atoms with Crippen molar-refractivity contribution in [2.24, 2.45) is 0 Å². The van der Waals surface area contributed by atoms with E-state index < -0.39 is 45.1 Å². The average molecular weight is 1950 g/mol. The topological polar surface area (TPSA) is 36.9 Å². The lowest BCUT2D eigenvalue weighted by molar-refractivity contribution is 0.523. The summed E-state index contributed by atoms with van der Waals surface area (Å²) in [6.07, 6.45) is 0. The zero-order valence-corrected chi connectivity index (χ0v) is 82.9. The molecule has 0 heterocycles. The lowest BCUT2D eigenvalue weighted by atomic mass is 9.81. The second-order valence-corrected chi connectivity index (χ2v) is 52.7. The molecule has 0 spiro atoms. The summed E-state index contributed by atoms with van der Waals surface area (Å²) >= 11 is 63.9. The lowest BCUT2D eigenvalue weighted by Crippen LogP contribution is -2.50. The van der Waals surface area contributed by atoms with E-state index in [1.54, 1.807) is 0 Å². The van der Waals surface area contributed by atoms with E-state index in [0.717, 1.165) is 100 Å². The minimum Gasteiger partial charge on any atom is -0.540 e. The van der Waals surface area contributed by atoms with Gasteiger partial charge in [-0.25, -0.2) is 0 Å². The number of rotatable bonds is 38. The molecule has 0 radical (unpaired) electrons. The van der Waals surface area contributed by atoms with Crippen LogP contribution in [0, 0.1) is 0 Å². The van der Waals surface area contributed by atoms with Gasteiger partial charge in [0.25, 0.3) is 33.3 Å². The van der Waals surface area contributed by atoms with Gasteiger partial charge >= 0.3 is 0 Å². The molecule has 0 aliphatic heterocycles. The summed E-state index contributed by atoms with van der Waals surface area (Å²) in [7, 11) is -12.3. The Morgan fingerprint density at radius 1 is 0.144 bits per heavy atom. The van der Waals surface area contributed by atoms with Gasteiger partial charge < -0.3 is 17.7 Å². The molecule has 17 aromatic rings. The molecule has 17 rings (SSSR count). The van der Waals surface area contributed by atoms with E-state index in [0.29, 0.717) is 136 Å². The van der Waals surface area contributed by atoms with Crippen molar-refractivity contribution in [2.75, 3.05) is 0 Å². The summed E-state index contributed by atoms with van der Waals surface area (Å²) in [5.41, 5.74) is 18.7. The van der Waals surface area contributed by atoms with Gasteiger partial charge in [0.15, 0.2) is 0 Å². The quantitative estimate of drug-likeness (QED) is 0.0285. The molecule has 0 atom stereocenters. The van der Waals surface area contributed by atoms with E-state index in [9.17, 15) is 0 Å². The molecular formula is C116H98Cl8O4Si4. The first-order chi connectivity index (χ1) is 64.4. The van der Waals surface area contributed by atoms with E-state index in [2.05, 4.69) is 388 Å². The molecule has 16 heteroatoms. The molecule has 0 unspecified atom stereocenters. The fourth-order valence-corrected chi connectivity index (χ4v) is 38.7. The molecule has 0 N–H and O–H groups in total. The molecule has 132 heavy (non-hydrogen) atoms. The Morgan fingerprint density at radius 2 is 0.250 bits per heavy atom. The van der Waals surface area contributed by atoms with Crippen LogP contribution in [0.15, 0.2) is 437 Å². The molecular weight excluding hydrogens is 1850 g/mol. The second-order valence-electron chi connectivity index (χ2n) is 34.9. The van der Waals surface area contributed by atoms with Crippen LogP contribution < -0.4 is 17.7 Å². The Morgan fingerprint density at radius 3 is 0.356 bits per heavy atom. The highest BCUT2D eigenvalue weighted by Crippen LogP contribution is 2.50. The highest BCUT2D eigenvalue weighted by molar-refractivity contribution is 6.75. The fourth-order valence-electron chi connectivity index (χ4n) is 19.1. The molecule has 0 fully saturated rings. The fraction of sp³-hybridized carbons (Fsp3) is 0.121. The second kappa shape index (κ2) is 43.9. The van der Waals surface area contributed by atoms with Crippen molar-refractivity contribution in [1.29, 1.82) is 0 Å². The van der Waals surface area contributed by atoms with Crippen LogP contribution in [0.5, 0.6) is 23.0 Å². The summed E-state index contributed by atoms with van der Waals surface area (Å²) in [6, 6.07) is 160. The SMILES string of the molecule is Clc1cc(C(c2ccc(C(c3cc(Cl)c(O[Si](Cc4ccccc4)(Cc4ccccc4)Cc4ccccc4)c(Cl)c3)c3cc(Cl)c(O[Si](Cc4ccccc4)(Cc4ccccc4)Cc4ccccc4)c(Cl)c3)cc2)c2cc(Cl)c(O[Si](Cc3ccccc3)(Cc3ccccc3)Cc3ccccc3)c(Cl)c2)cc(Cl)c1O[Si](Cc1ccccc1)(Cc1ccccc1)Cc1ccccc1. The van der Waals surface area contributed by atoms with Gasteiger partial charge in [0, 0.05) is 84.4 Å². The van der Waals surface area contributed by atoms with Crippen molar-refractivity contribution in [3.63, 3.8) is 0 Å². The summed E-state index contributed by atoms with van der Waals surface area (Å²) < 4.78 is 31.1. The van der Waals surface area contributed by atoms with Gasteiger partial charge in [0.1, 0.15) is 23.0 Å². The van der Waals surface area contributed by atoms with Crippen LogP contribution in [0.25, 0.3) is 0 Å². The van der Waals surface area contributed by atoms with Gasteiger partial charge in [-0.1, -0.05) is 481 Å². The van der Waals surface area contributed by atoms with Crippen LogP contribution in [0.3, 0.4) is 0 Å². The van der Waals surface area contributed by atoms with Crippen molar-refractivity contribution in [2.45, 2.75) is 84.4 Å². The monoisotopic (exact) mass is 1950 g/mol. The van der Waals surface area contributed by atoms with E-state index in [4.69, 9.17) is 111 Å². The Labute approximate surface area is 820 Å². The van der Waals surface area contributed by atoms with Crippen molar-refractivity contribution in [1.82, 2.24) is 0 Å². The molecule has 0 aromatic heterocycles. The summed E-state index contributed by atoms with van der Waals surface area (Å²) in [4.78, 5) is 0. The zero-order valence-electron chi connectivity index (χ0n) is 72.9. The first-order valence-electron chi connectivity index (χ1n) is 44.7. The number of hydrogen-bond acceptors (Lipinski definition) is 4. The minimum atomic E-state index is -3.07. The Hall–Kier alpha value is -10.9. The first-order valence-corrected chi connectivity index (χ1v) is 57.9. The molecule has 0 amide bonds. The third-order valence-electron chi connectivity index (χ3n) is 24.7. The molecule has 17 aromatic carbocycles. The highest BCUT2D eigenvalue weighted by Gasteiger charge is 2.45. The molecule has 0 saturated heterocycles. The van der Waals surface area contributed by atoms with E-state index in [1.165, 1.54) is 0 Å². The van der Waals surface area contributed by atoms with Crippen LogP contribution in [0.4, 0.5) is 0 Å². The molecule has 658 valence electrons. The molecule has 0 aliphatic carbocycles. The Bertz CT molecular complexity index is 5340. The normalized spacial score (nSPS) is 11.8. The van der Waals surface area contributed by atoms with Crippen LogP contribution >= 0.6 is 92.8 Å². The van der Waals surface area contributed by atoms with E-state index in [1.807, 2.05) is 48.5 Å². The predicted molar refractivity (Wildman–Crippen MR) is 561 cm³/mol. The van der Waals surface area contributed by atoms with Gasteiger partial charge in [0.2, 0.25) is 0 Å². The maximum absolute atomic E-state index is 7.98. The number of hydrogen-bond donors (Lipinski definition) is 0. The minimum absolute atomic E-state index is 0.350. The van der Waals surface area contributed by atoms with Crippen LogP contribution in [0.1, 0.15) is 112 Å². The smallest absolute Gasteiger partial charge is 0.264 e. The van der Waals surface area contributed by atoms with Crippen LogP contribution in [-0.4, -0.2) is 33.3 Å². The highest BCUT2D eigenvalue weighted by atomic mass is 35.5. The molecule has 0 saturated carbocycles. The lowest BCUT2D eigenvalue weighted by Gasteiger charge is -2.34. The van der Waals surface area contributed by atoms with Gasteiger partial charge in [-0.05, 0) is 149 Å². The van der Waals surface area contributed by atoms with Crippen molar-refractivity contribution in [3.8, 4) is 23.0 Å². The van der Waals surface area contributed by atoms with Crippen molar-refractivity contribution < 1.29 is 17.7 Å². The number of benzene rings is 17. The zero-order chi connectivity index (χ0) is 90.7. The molecule has 0 aliphatic rings. The Balaban J connectivity index is 0.827. The van der Waals surface area contributed by atoms with Crippen LogP contribution in [0.2, 0.25) is 40.2 Å². The van der Waals surface area contributed by atoms with E-state index in [-0.39, 0.29) is 0 Å². The van der Waals surface area contributed by atoms with Gasteiger partial charge in [-0.3, -0.25) is 0 Å². The summed E-state index contributed by atoms with van der Waals surface area (Å²) in [6.45, 7) is 0. The first kappa shape index (κ1) is 93.0. The van der Waals surface area contributed by atoms with Crippen molar-refractivity contribution in [3.05, 3.63) is 577 Å². The van der Waals surface area contributed by atoms with Gasteiger partial charge in [0.05, 0.1) is 40.2 Å². The Kier molecular flexibility index (Phi) is 30.9. The number of halogens is 8. The molecule has 0 bridgehead atoms. The maximum Gasteiger partial charge on any atom is 0.264 e. The average Bonchev–Trinajstić information content (AvgIpc) is 0.759. The molecule has 4 nitrogen and oxygen atoms in total. The van der Waals surface area contributed by atoms with E-state index >= 15 is 0 Å². The van der Waals surface area contributed by atoms with Gasteiger partial charge in [-0.15, -0.1) is 0 Å². The largest absolute Gasteiger partial charge is 0.540 e. The van der Waals surface area contributed by atoms with Gasteiger partial charge in [-0.2, -0.15) is 0 Å². The van der Waals surface area contributed by atoms with Crippen molar-refractivity contribution >= 4 is 126 Å². The van der Waals surface area contributed by atoms with Crippen LogP contribution in [-0.2, 0) is 72.5 Å². The summed E-state index contributed by atoms with van der Waals surface area (Å²) in [5.74, 6) is 0.401. The maximum atomic E-state index is 7.98. The standard InChI is InChI=1S/C116H98Cl8O4Si4/c117-103-65-99(66-104(118)113(103)125-129(73-85-37-13-1-14-38-85,74-86-39-15-2-16-40-86)75-87-41-17-3-18-42-87)111(100-67-105(119)114(106(120)68-100)126-130(76-88-43-19-4-20-44-88,77-89-45-21-5-22-46-89)78-90-47-23-6-24-48-90)97-61-63-98(64-62-97)112(101-69-107(121)115(108(122)70-101)127-131(79-91-49-25-7-26-50-91,80-92-51-27-8-28-52-92)81-93-53-29-9-30-54-93)102-71-109(123)116(110(124)72-102)128-132(82-94-55-31-10-32-56-94,83-95-57-33-11-34-58-95)84-96-59-35-12-36-60-96/h1-72,111-112H,73-84H2.